The standard InChI is InChI=1S/C47H69N7O7/c1-51-39(30-33-18-9-4-10-19-33)44(58)52-38(20-11-12-26-48)45(59)54-27-13-21-40(54)42(56)47(35-24-22-34(23-25-35)46(60)61,41(55)36(49)28-31-14-5-2-6-15-31)53-43(57)37(50)29-32-16-7-3-8-17-32/h4,9-10,18-19,22-25,31-32,36-40,51H,2-3,5-8,11-17,20-21,26-30,48-50H2,1H3,(H,52,58)(H,53,57)(H,60,61)/t36-,37+,38+,39+,40+,47?/m1/s1. The number of carbonyl (C=O) groups excluding carboxylic acids is 5. The summed E-state index contributed by atoms with van der Waals surface area (Å²) < 4.78 is 0. The number of nitrogens with two attached hydrogens (primary N) is 3. The highest BCUT2D eigenvalue weighted by Crippen LogP contribution is 2.36. The molecule has 6 atom stereocenters. The lowest BCUT2D eigenvalue weighted by Gasteiger charge is -2.40. The molecule has 2 aromatic carbocycles. The predicted molar refractivity (Wildman–Crippen MR) is 234 cm³/mol. The number of Topliss-reactive ketones (excluding diaryl/α,β-unsaturated/α-hetero) is 2. The number of unbranched alkanes of at least 4 members (excludes halogenated alkanes) is 1. The lowest BCUT2D eigenvalue weighted by molar-refractivity contribution is -0.149. The highest BCUT2D eigenvalue weighted by atomic mass is 16.4. The minimum atomic E-state index is -2.40. The summed E-state index contributed by atoms with van der Waals surface area (Å²) in [4.78, 5) is 87.5. The molecule has 14 nitrogen and oxygen atoms in total. The number of carbonyl (C=O) groups is 6. The minimum absolute atomic E-state index is 0.0506. The van der Waals surface area contributed by atoms with Crippen LogP contribution in [-0.4, -0.2) is 95.6 Å². The molecule has 3 aliphatic rings. The Morgan fingerprint density at radius 3 is 1.93 bits per heavy atom. The van der Waals surface area contributed by atoms with Gasteiger partial charge < -0.3 is 43.2 Å². The molecule has 1 saturated heterocycles. The largest absolute Gasteiger partial charge is 0.478 e. The van der Waals surface area contributed by atoms with Crippen LogP contribution in [0.1, 0.15) is 131 Å². The van der Waals surface area contributed by atoms with Gasteiger partial charge in [0.15, 0.2) is 17.1 Å². The number of likely N-dealkylation sites (tertiary alicyclic amines) is 1. The second kappa shape index (κ2) is 23.1. The summed E-state index contributed by atoms with van der Waals surface area (Å²) in [7, 11) is 1.68. The van der Waals surface area contributed by atoms with Crippen LogP contribution in [0.5, 0.6) is 0 Å². The highest BCUT2D eigenvalue weighted by molar-refractivity contribution is 6.18. The van der Waals surface area contributed by atoms with Crippen LogP contribution >= 0.6 is 0 Å². The monoisotopic (exact) mass is 844 g/mol. The molecule has 1 unspecified atom stereocenters. The molecule has 2 aromatic rings. The fraction of sp³-hybridized carbons (Fsp3) is 0.617. The van der Waals surface area contributed by atoms with E-state index in [0.29, 0.717) is 45.1 Å². The maximum Gasteiger partial charge on any atom is 0.335 e. The summed E-state index contributed by atoms with van der Waals surface area (Å²) in [6.07, 6.45) is 13.0. The van der Waals surface area contributed by atoms with E-state index >= 15 is 9.59 Å². The van der Waals surface area contributed by atoms with Gasteiger partial charge in [0.05, 0.1) is 29.7 Å². The first-order chi connectivity index (χ1) is 29.4. The smallest absolute Gasteiger partial charge is 0.335 e. The van der Waals surface area contributed by atoms with Crippen LogP contribution in [0.15, 0.2) is 54.6 Å². The first-order valence-electron chi connectivity index (χ1n) is 22.7. The summed E-state index contributed by atoms with van der Waals surface area (Å²) in [5.74, 6) is -3.88. The molecule has 0 aromatic heterocycles. The van der Waals surface area contributed by atoms with Crippen molar-refractivity contribution in [3.8, 4) is 0 Å². The van der Waals surface area contributed by atoms with Crippen LogP contribution in [0.25, 0.3) is 0 Å². The summed E-state index contributed by atoms with van der Waals surface area (Å²) in [5.41, 5.74) is 17.8. The van der Waals surface area contributed by atoms with Crippen LogP contribution in [0, 0.1) is 11.8 Å². The third-order valence-electron chi connectivity index (χ3n) is 13.3. The molecule has 0 spiro atoms. The number of nitrogens with one attached hydrogen (secondary N) is 3. The van der Waals surface area contributed by atoms with Crippen molar-refractivity contribution in [1.29, 1.82) is 0 Å². The highest BCUT2D eigenvalue weighted by Gasteiger charge is 2.55. The molecule has 0 radical (unpaired) electrons. The molecule has 0 bridgehead atoms. The van der Waals surface area contributed by atoms with Gasteiger partial charge in [-0.2, -0.15) is 0 Å². The van der Waals surface area contributed by atoms with Crippen LogP contribution in [0.4, 0.5) is 0 Å². The van der Waals surface area contributed by atoms with Gasteiger partial charge in [-0.3, -0.25) is 24.0 Å². The van der Waals surface area contributed by atoms with Crippen LogP contribution in [0.2, 0.25) is 0 Å². The third-order valence-corrected chi connectivity index (χ3v) is 13.3. The number of ketones is 2. The molecule has 5 rings (SSSR count). The van der Waals surface area contributed by atoms with E-state index in [9.17, 15) is 24.3 Å². The van der Waals surface area contributed by atoms with Gasteiger partial charge >= 0.3 is 5.97 Å². The van der Waals surface area contributed by atoms with Crippen molar-refractivity contribution < 1.29 is 33.9 Å². The maximum absolute atomic E-state index is 15.7. The van der Waals surface area contributed by atoms with E-state index in [4.69, 9.17) is 17.2 Å². The van der Waals surface area contributed by atoms with Gasteiger partial charge in [-0.15, -0.1) is 0 Å². The molecule has 61 heavy (non-hydrogen) atoms. The Morgan fingerprint density at radius 2 is 1.36 bits per heavy atom. The van der Waals surface area contributed by atoms with Gasteiger partial charge in [-0.25, -0.2) is 4.79 Å². The molecule has 1 aliphatic heterocycles. The van der Waals surface area contributed by atoms with Crippen molar-refractivity contribution in [2.75, 3.05) is 20.1 Å². The van der Waals surface area contributed by atoms with E-state index in [0.717, 1.165) is 69.8 Å². The predicted octanol–water partition coefficient (Wildman–Crippen LogP) is 3.87. The topological polar surface area (TPSA) is 240 Å². The van der Waals surface area contributed by atoms with E-state index in [1.165, 1.54) is 29.2 Å². The minimum Gasteiger partial charge on any atom is -0.478 e. The number of rotatable bonds is 22. The summed E-state index contributed by atoms with van der Waals surface area (Å²) >= 11 is 0. The summed E-state index contributed by atoms with van der Waals surface area (Å²) in [6, 6.07) is 9.81. The first kappa shape index (κ1) is 47.5. The van der Waals surface area contributed by atoms with E-state index in [-0.39, 0.29) is 48.3 Å². The fourth-order valence-corrected chi connectivity index (χ4v) is 9.75. The Balaban J connectivity index is 1.53. The fourth-order valence-electron chi connectivity index (χ4n) is 9.75. The SMILES string of the molecule is CN[C@@H](Cc1ccccc1)C(=O)N[C@@H](CCCCN)C(=O)N1CCC[C@H]1C(=O)C(NC(=O)[C@@H](N)CC1CCCCC1)(C(=O)[C@H](N)CC1CCCCC1)c1ccc(C(=O)O)cc1. The van der Waals surface area contributed by atoms with E-state index in [1.54, 1.807) is 7.05 Å². The number of aromatic carboxylic acids is 1. The molecule has 3 fully saturated rings. The number of amides is 3. The Hall–Kier alpha value is -4.50. The van der Waals surface area contributed by atoms with Crippen molar-refractivity contribution in [2.24, 2.45) is 29.0 Å². The Morgan fingerprint density at radius 1 is 0.754 bits per heavy atom. The van der Waals surface area contributed by atoms with Crippen molar-refractivity contribution in [2.45, 2.75) is 151 Å². The number of hydrogen-bond donors (Lipinski definition) is 7. The average molecular weight is 844 g/mol. The van der Waals surface area contributed by atoms with Gasteiger partial charge in [0.25, 0.3) is 0 Å². The second-order valence-electron chi connectivity index (χ2n) is 17.6. The van der Waals surface area contributed by atoms with Crippen molar-refractivity contribution in [3.63, 3.8) is 0 Å². The van der Waals surface area contributed by atoms with Crippen molar-refractivity contribution >= 4 is 35.3 Å². The second-order valence-corrected chi connectivity index (χ2v) is 17.6. The number of likely N-dealkylation sites (N-methyl/N-ethyl adjacent to an activating group) is 1. The van der Waals surface area contributed by atoms with E-state index in [2.05, 4.69) is 16.0 Å². The van der Waals surface area contributed by atoms with Gasteiger partial charge in [0.2, 0.25) is 17.7 Å². The lowest BCUT2D eigenvalue weighted by Crippen LogP contribution is -2.67. The molecule has 2 saturated carbocycles. The van der Waals surface area contributed by atoms with E-state index in [1.807, 2.05) is 30.3 Å². The third kappa shape index (κ3) is 12.3. The average Bonchev–Trinajstić information content (AvgIpc) is 3.77. The maximum atomic E-state index is 15.7. The zero-order chi connectivity index (χ0) is 43.9. The van der Waals surface area contributed by atoms with Gasteiger partial charge in [-0.1, -0.05) is 107 Å². The molecular weight excluding hydrogens is 775 g/mol. The van der Waals surface area contributed by atoms with Crippen molar-refractivity contribution in [3.05, 3.63) is 71.3 Å². The van der Waals surface area contributed by atoms with Crippen LogP contribution in [-0.2, 0) is 35.9 Å². The number of nitrogens with zero attached hydrogens (tertiary/aromatic N) is 1. The van der Waals surface area contributed by atoms with Crippen LogP contribution in [0.3, 0.4) is 0 Å². The molecular formula is C47H69N7O7. The molecule has 1 heterocycles. The molecule has 3 amide bonds. The first-order valence-corrected chi connectivity index (χ1v) is 22.7. The van der Waals surface area contributed by atoms with Crippen LogP contribution < -0.4 is 33.2 Å². The lowest BCUT2D eigenvalue weighted by atomic mass is 9.73. The summed E-state index contributed by atoms with van der Waals surface area (Å²) in [5, 5.41) is 18.7. The quantitative estimate of drug-likeness (QED) is 0.0664. The zero-order valence-corrected chi connectivity index (χ0v) is 36.0. The zero-order valence-electron chi connectivity index (χ0n) is 36.0. The molecule has 14 heteroatoms. The molecule has 2 aliphatic carbocycles. The van der Waals surface area contributed by atoms with Crippen molar-refractivity contribution in [1.82, 2.24) is 20.9 Å². The Labute approximate surface area is 360 Å². The number of carboxylic acids is 1. The number of hydrogen-bond acceptors (Lipinski definition) is 10. The Kier molecular flexibility index (Phi) is 18.0. The van der Waals surface area contributed by atoms with Gasteiger partial charge in [0, 0.05) is 6.54 Å². The van der Waals surface area contributed by atoms with Gasteiger partial charge in [-0.05, 0) is 100 Å². The molecule has 334 valence electrons. The number of carboxylic acid groups (broad SMARTS) is 1. The summed E-state index contributed by atoms with van der Waals surface area (Å²) in [6.45, 7) is 0.561. The normalized spacial score (nSPS) is 20.5. The Bertz CT molecular complexity index is 1780. The van der Waals surface area contributed by atoms with E-state index < -0.39 is 65.1 Å². The van der Waals surface area contributed by atoms with Gasteiger partial charge in [0.1, 0.15) is 6.04 Å². The molecule has 10 N–H and O–H groups in total. The number of benzene rings is 2.